The minimum Gasteiger partial charge on any atom is -0.480 e. The average Bonchev–Trinajstić information content (AvgIpc) is 3.42. The van der Waals surface area contributed by atoms with E-state index in [-0.39, 0.29) is 26.1 Å². The van der Waals surface area contributed by atoms with E-state index in [0.717, 1.165) is 16.7 Å². The maximum Gasteiger partial charge on any atom is 0.412 e. The van der Waals surface area contributed by atoms with Gasteiger partial charge in [-0.3, -0.25) is 19.3 Å². The van der Waals surface area contributed by atoms with Gasteiger partial charge in [-0.1, -0.05) is 30.3 Å². The van der Waals surface area contributed by atoms with Gasteiger partial charge in [0, 0.05) is 25.8 Å². The summed E-state index contributed by atoms with van der Waals surface area (Å²) < 4.78 is 22.1. The standard InChI is InChI=1S/C30H37N3O9/c1-30(2,3)42-29(38)33-12-5-13-39-26(33)11-10-25(34)32-22(28(37)31-17-27(35)36)15-19-6-4-7-20(14-19)21-8-9-23-24(16-21)41-18-40-23/h4,6-9,14,16,22,26H,5,10-13,15,17-18H2,1-3H3,(H,31,37)(H,32,34)(H,35,36)/t22-,26?/m0/s1. The van der Waals surface area contributed by atoms with Crippen LogP contribution in [-0.4, -0.2) is 78.2 Å². The van der Waals surface area contributed by atoms with Gasteiger partial charge in [-0.05, 0) is 56.0 Å². The van der Waals surface area contributed by atoms with E-state index in [9.17, 15) is 19.2 Å². The quantitative estimate of drug-likeness (QED) is 0.383. The fourth-order valence-corrected chi connectivity index (χ4v) is 4.66. The van der Waals surface area contributed by atoms with Crippen LogP contribution in [0.3, 0.4) is 0 Å². The Labute approximate surface area is 244 Å². The highest BCUT2D eigenvalue weighted by molar-refractivity contribution is 5.89. The van der Waals surface area contributed by atoms with Crippen molar-refractivity contribution in [3.05, 3.63) is 48.0 Å². The lowest BCUT2D eigenvalue weighted by atomic mass is 9.98. The van der Waals surface area contributed by atoms with E-state index < -0.39 is 48.3 Å². The monoisotopic (exact) mass is 583 g/mol. The third kappa shape index (κ3) is 8.59. The van der Waals surface area contributed by atoms with Crippen molar-refractivity contribution in [2.24, 2.45) is 0 Å². The van der Waals surface area contributed by atoms with Crippen molar-refractivity contribution in [3.63, 3.8) is 0 Å². The number of carbonyl (C=O) groups is 4. The molecule has 1 unspecified atom stereocenters. The topological polar surface area (TPSA) is 153 Å². The molecule has 0 bridgehead atoms. The highest BCUT2D eigenvalue weighted by Crippen LogP contribution is 2.36. The number of fused-ring (bicyclic) bond motifs is 1. The molecule has 2 aromatic carbocycles. The van der Waals surface area contributed by atoms with Gasteiger partial charge in [0.1, 0.15) is 24.4 Å². The molecule has 2 heterocycles. The molecule has 0 aromatic heterocycles. The second kappa shape index (κ2) is 13.6. The first kappa shape index (κ1) is 30.6. The van der Waals surface area contributed by atoms with Crippen LogP contribution in [0, 0.1) is 0 Å². The Bertz CT molecular complexity index is 1310. The fourth-order valence-electron chi connectivity index (χ4n) is 4.66. The molecule has 0 saturated carbocycles. The lowest BCUT2D eigenvalue weighted by Gasteiger charge is -2.36. The van der Waals surface area contributed by atoms with Gasteiger partial charge in [0.25, 0.3) is 0 Å². The Kier molecular flexibility index (Phi) is 9.89. The van der Waals surface area contributed by atoms with Gasteiger partial charge >= 0.3 is 12.1 Å². The first-order valence-corrected chi connectivity index (χ1v) is 13.9. The Morgan fingerprint density at radius 3 is 2.60 bits per heavy atom. The maximum atomic E-state index is 13.0. The Hall–Kier alpha value is -4.32. The zero-order chi connectivity index (χ0) is 30.3. The number of rotatable bonds is 10. The number of ether oxygens (including phenoxy) is 4. The molecular weight excluding hydrogens is 546 g/mol. The second-order valence-corrected chi connectivity index (χ2v) is 11.1. The van der Waals surface area contributed by atoms with Gasteiger partial charge in [-0.15, -0.1) is 0 Å². The molecule has 2 aromatic rings. The zero-order valence-corrected chi connectivity index (χ0v) is 24.0. The molecule has 3 amide bonds. The molecule has 2 atom stereocenters. The minimum absolute atomic E-state index is 0.0239. The molecular formula is C30H37N3O9. The van der Waals surface area contributed by atoms with E-state index in [0.29, 0.717) is 31.1 Å². The molecule has 0 aliphatic carbocycles. The molecule has 12 nitrogen and oxygen atoms in total. The molecule has 2 aliphatic heterocycles. The minimum atomic E-state index is -1.20. The molecule has 42 heavy (non-hydrogen) atoms. The highest BCUT2D eigenvalue weighted by atomic mass is 16.7. The number of hydrogen-bond donors (Lipinski definition) is 3. The van der Waals surface area contributed by atoms with Crippen molar-refractivity contribution in [3.8, 4) is 22.6 Å². The Morgan fingerprint density at radius 1 is 1.07 bits per heavy atom. The summed E-state index contributed by atoms with van der Waals surface area (Å²) >= 11 is 0. The van der Waals surface area contributed by atoms with Crippen molar-refractivity contribution in [2.75, 3.05) is 26.5 Å². The molecule has 0 spiro atoms. The van der Waals surface area contributed by atoms with Gasteiger partial charge in [-0.25, -0.2) is 4.79 Å². The molecule has 2 aliphatic rings. The summed E-state index contributed by atoms with van der Waals surface area (Å²) in [5.74, 6) is -0.946. The number of hydrogen-bond acceptors (Lipinski definition) is 8. The number of benzene rings is 2. The lowest BCUT2D eigenvalue weighted by Crippen LogP contribution is -2.50. The second-order valence-electron chi connectivity index (χ2n) is 11.1. The van der Waals surface area contributed by atoms with Gasteiger partial charge < -0.3 is 34.7 Å². The van der Waals surface area contributed by atoms with Crippen LogP contribution < -0.4 is 20.1 Å². The number of amides is 3. The predicted octanol–water partition coefficient (Wildman–Crippen LogP) is 3.07. The van der Waals surface area contributed by atoms with Crippen LogP contribution in [0.5, 0.6) is 11.5 Å². The van der Waals surface area contributed by atoms with Crippen LogP contribution in [0.4, 0.5) is 4.79 Å². The number of nitrogens with one attached hydrogen (secondary N) is 2. The molecule has 4 rings (SSSR count). The van der Waals surface area contributed by atoms with Crippen molar-refractivity contribution >= 4 is 23.9 Å². The summed E-state index contributed by atoms with van der Waals surface area (Å²) in [4.78, 5) is 51.1. The third-order valence-electron chi connectivity index (χ3n) is 6.59. The highest BCUT2D eigenvalue weighted by Gasteiger charge is 2.32. The van der Waals surface area contributed by atoms with Gasteiger partial charge in [-0.2, -0.15) is 0 Å². The van der Waals surface area contributed by atoms with E-state index >= 15 is 0 Å². The van der Waals surface area contributed by atoms with Crippen molar-refractivity contribution < 1.29 is 43.2 Å². The molecule has 12 heteroatoms. The molecule has 0 radical (unpaired) electrons. The number of aliphatic carboxylic acids is 1. The maximum absolute atomic E-state index is 13.0. The van der Waals surface area contributed by atoms with Crippen LogP contribution in [0.1, 0.15) is 45.6 Å². The summed E-state index contributed by atoms with van der Waals surface area (Å²) in [7, 11) is 0. The smallest absolute Gasteiger partial charge is 0.412 e. The number of carbonyl (C=O) groups excluding carboxylic acids is 3. The van der Waals surface area contributed by atoms with Crippen molar-refractivity contribution in [1.29, 1.82) is 0 Å². The van der Waals surface area contributed by atoms with Gasteiger partial charge in [0.15, 0.2) is 11.5 Å². The Morgan fingerprint density at radius 2 is 1.83 bits per heavy atom. The van der Waals surface area contributed by atoms with Crippen LogP contribution in [0.2, 0.25) is 0 Å². The van der Waals surface area contributed by atoms with Gasteiger partial charge in [0.2, 0.25) is 18.6 Å². The first-order chi connectivity index (χ1) is 20.0. The number of carboxylic acids is 1. The van der Waals surface area contributed by atoms with E-state index in [2.05, 4.69) is 10.6 Å². The lowest BCUT2D eigenvalue weighted by molar-refractivity contribution is -0.138. The van der Waals surface area contributed by atoms with Crippen LogP contribution in [0.25, 0.3) is 11.1 Å². The number of nitrogens with zero attached hydrogens (tertiary/aromatic N) is 1. The normalized spacial score (nSPS) is 16.8. The largest absolute Gasteiger partial charge is 0.480 e. The van der Waals surface area contributed by atoms with Gasteiger partial charge in [0.05, 0.1) is 6.61 Å². The summed E-state index contributed by atoms with van der Waals surface area (Å²) in [6.07, 6.45) is -0.200. The zero-order valence-electron chi connectivity index (χ0n) is 24.0. The van der Waals surface area contributed by atoms with E-state index in [1.54, 1.807) is 20.8 Å². The Balaban J connectivity index is 1.42. The molecule has 1 fully saturated rings. The van der Waals surface area contributed by atoms with Crippen LogP contribution >= 0.6 is 0 Å². The number of carboxylic acid groups (broad SMARTS) is 1. The predicted molar refractivity (Wildman–Crippen MR) is 151 cm³/mol. The third-order valence-corrected chi connectivity index (χ3v) is 6.59. The van der Waals surface area contributed by atoms with Crippen LogP contribution in [-0.2, 0) is 30.3 Å². The van der Waals surface area contributed by atoms with Crippen molar-refractivity contribution in [2.45, 2.75) is 64.3 Å². The average molecular weight is 584 g/mol. The SMILES string of the molecule is CC(C)(C)OC(=O)N1CCCOC1CCC(=O)N[C@@H](Cc1cccc(-c2ccc3c(c2)OCO3)c1)C(=O)NCC(=O)O. The van der Waals surface area contributed by atoms with Crippen molar-refractivity contribution in [1.82, 2.24) is 15.5 Å². The van der Waals surface area contributed by atoms with E-state index in [1.807, 2.05) is 42.5 Å². The summed E-state index contributed by atoms with van der Waals surface area (Å²) in [5, 5.41) is 14.1. The van der Waals surface area contributed by atoms with E-state index in [4.69, 9.17) is 24.1 Å². The summed E-state index contributed by atoms with van der Waals surface area (Å²) in [5.41, 5.74) is 1.85. The van der Waals surface area contributed by atoms with Crippen LogP contribution in [0.15, 0.2) is 42.5 Å². The molecule has 226 valence electrons. The molecule has 1 saturated heterocycles. The summed E-state index contributed by atoms with van der Waals surface area (Å²) in [6, 6.07) is 12.1. The fraction of sp³-hybridized carbons (Fsp3) is 0.467. The first-order valence-electron chi connectivity index (χ1n) is 13.9. The summed E-state index contributed by atoms with van der Waals surface area (Å²) in [6.45, 7) is 5.81. The molecule has 3 N–H and O–H groups in total. The van der Waals surface area contributed by atoms with E-state index in [1.165, 1.54) is 4.90 Å².